The van der Waals surface area contributed by atoms with Crippen molar-refractivity contribution in [3.05, 3.63) is 78.6 Å². The summed E-state index contributed by atoms with van der Waals surface area (Å²) in [5.74, 6) is -0.161. The molecule has 4 rings (SSSR count). The molecule has 1 N–H and O–H groups in total. The summed E-state index contributed by atoms with van der Waals surface area (Å²) in [6.07, 6.45) is 5.08. The van der Waals surface area contributed by atoms with Crippen LogP contribution >= 0.6 is 38.9 Å². The molecule has 0 aliphatic heterocycles. The van der Waals surface area contributed by atoms with Crippen molar-refractivity contribution >= 4 is 61.8 Å². The smallest absolute Gasteiger partial charge is 0.341 e. The molecule has 1 aromatic heterocycles. The molecule has 7 nitrogen and oxygen atoms in total. The first-order valence-corrected chi connectivity index (χ1v) is 14.3. The highest BCUT2D eigenvalue weighted by atomic mass is 79.9. The molecule has 3 aromatic rings. The number of fused-ring (bicyclic) bond motifs is 1. The van der Waals surface area contributed by atoms with Crippen molar-refractivity contribution in [2.75, 3.05) is 19.0 Å². The maximum Gasteiger partial charge on any atom is 0.341 e. The zero-order valence-electron chi connectivity index (χ0n) is 21.4. The SMILES string of the molecule is CCOC(=O)c1c(NC(=O)/C(C#N)=C/c2cc(Br)c(OCc3ccc(Cl)cc3)c(OC)c2)sc2c1CCCC2. The van der Waals surface area contributed by atoms with Crippen molar-refractivity contribution in [3.63, 3.8) is 0 Å². The Morgan fingerprint density at radius 1 is 1.21 bits per heavy atom. The van der Waals surface area contributed by atoms with Gasteiger partial charge in [-0.25, -0.2) is 4.79 Å². The Balaban J connectivity index is 1.57. The molecule has 1 aliphatic rings. The molecule has 39 heavy (non-hydrogen) atoms. The highest BCUT2D eigenvalue weighted by Crippen LogP contribution is 2.40. The number of methoxy groups -OCH3 is 1. The van der Waals surface area contributed by atoms with Crippen LogP contribution in [0.4, 0.5) is 5.00 Å². The normalized spacial score (nSPS) is 12.7. The molecule has 0 bridgehead atoms. The topological polar surface area (TPSA) is 97.7 Å². The van der Waals surface area contributed by atoms with Gasteiger partial charge in [0, 0.05) is 9.90 Å². The van der Waals surface area contributed by atoms with E-state index >= 15 is 0 Å². The van der Waals surface area contributed by atoms with Crippen molar-refractivity contribution < 1.29 is 23.8 Å². The van der Waals surface area contributed by atoms with Gasteiger partial charge in [0.1, 0.15) is 23.3 Å². The molecule has 0 unspecified atom stereocenters. The lowest BCUT2D eigenvalue weighted by Gasteiger charge is -2.14. The van der Waals surface area contributed by atoms with E-state index in [2.05, 4.69) is 21.2 Å². The summed E-state index contributed by atoms with van der Waals surface area (Å²) in [6, 6.07) is 12.7. The first kappa shape index (κ1) is 28.7. The van der Waals surface area contributed by atoms with Gasteiger partial charge in [0.15, 0.2) is 11.5 Å². The summed E-state index contributed by atoms with van der Waals surface area (Å²) >= 11 is 10.8. The zero-order chi connectivity index (χ0) is 27.9. The van der Waals surface area contributed by atoms with E-state index in [1.54, 1.807) is 31.2 Å². The maximum atomic E-state index is 13.2. The van der Waals surface area contributed by atoms with Gasteiger partial charge in [-0.15, -0.1) is 11.3 Å². The minimum atomic E-state index is -0.611. The van der Waals surface area contributed by atoms with Crippen LogP contribution in [0.15, 0.2) is 46.4 Å². The average Bonchev–Trinajstić information content (AvgIpc) is 3.29. The second-order valence-electron chi connectivity index (χ2n) is 8.71. The van der Waals surface area contributed by atoms with Crippen molar-refractivity contribution in [2.45, 2.75) is 39.2 Å². The number of nitrogens with zero attached hydrogens (tertiary/aromatic N) is 1. The quantitative estimate of drug-likeness (QED) is 0.151. The van der Waals surface area contributed by atoms with Crippen LogP contribution in [0.3, 0.4) is 0 Å². The fraction of sp³-hybridized carbons (Fsp3) is 0.276. The number of anilines is 1. The highest BCUT2D eigenvalue weighted by Gasteiger charge is 2.28. The van der Waals surface area contributed by atoms with Crippen molar-refractivity contribution in [2.24, 2.45) is 0 Å². The first-order valence-electron chi connectivity index (χ1n) is 12.3. The second kappa shape index (κ2) is 13.2. The van der Waals surface area contributed by atoms with E-state index in [-0.39, 0.29) is 12.2 Å². The van der Waals surface area contributed by atoms with Crippen LogP contribution in [-0.2, 0) is 29.0 Å². The molecule has 1 heterocycles. The van der Waals surface area contributed by atoms with Crippen LogP contribution in [-0.4, -0.2) is 25.6 Å². The van der Waals surface area contributed by atoms with Gasteiger partial charge in [-0.1, -0.05) is 23.7 Å². The summed E-state index contributed by atoms with van der Waals surface area (Å²) in [7, 11) is 1.51. The van der Waals surface area contributed by atoms with Crippen molar-refractivity contribution in [1.29, 1.82) is 5.26 Å². The third-order valence-electron chi connectivity index (χ3n) is 6.10. The zero-order valence-corrected chi connectivity index (χ0v) is 24.6. The molecular formula is C29H26BrClN2O5S. The molecule has 1 amide bonds. The lowest BCUT2D eigenvalue weighted by atomic mass is 9.95. The summed E-state index contributed by atoms with van der Waals surface area (Å²) < 4.78 is 17.3. The van der Waals surface area contributed by atoms with E-state index in [1.165, 1.54) is 24.5 Å². The minimum absolute atomic E-state index is 0.125. The van der Waals surface area contributed by atoms with Crippen LogP contribution in [0.1, 0.15) is 51.7 Å². The number of rotatable bonds is 9. The Bertz CT molecular complexity index is 1460. The highest BCUT2D eigenvalue weighted by molar-refractivity contribution is 9.10. The predicted octanol–water partition coefficient (Wildman–Crippen LogP) is 7.35. The number of esters is 1. The number of ether oxygens (including phenoxy) is 3. The van der Waals surface area contributed by atoms with E-state index in [9.17, 15) is 14.9 Å². The number of aryl methyl sites for hydroxylation is 1. The van der Waals surface area contributed by atoms with Gasteiger partial charge in [-0.2, -0.15) is 5.26 Å². The standard InChI is InChI=1S/C29H26BrClN2O5S/c1-3-37-29(35)25-21-6-4-5-7-24(21)39-28(25)33-27(34)19(15-32)12-18-13-22(30)26(23(14-18)36-2)38-16-17-8-10-20(31)11-9-17/h8-14H,3-7,16H2,1-2H3,(H,33,34)/b19-12+. The first-order chi connectivity index (χ1) is 18.8. The second-order valence-corrected chi connectivity index (χ2v) is 11.1. The van der Waals surface area contributed by atoms with Gasteiger partial charge < -0.3 is 19.5 Å². The molecule has 1 aliphatic carbocycles. The van der Waals surface area contributed by atoms with E-state index in [0.717, 1.165) is 41.7 Å². The van der Waals surface area contributed by atoms with Gasteiger partial charge in [0.05, 0.1) is 23.8 Å². The molecule has 2 aromatic carbocycles. The van der Waals surface area contributed by atoms with E-state index in [1.807, 2.05) is 18.2 Å². The van der Waals surface area contributed by atoms with Gasteiger partial charge in [0.2, 0.25) is 0 Å². The van der Waals surface area contributed by atoms with Gasteiger partial charge >= 0.3 is 5.97 Å². The number of benzene rings is 2. The number of carbonyl (C=O) groups is 2. The molecule has 0 fully saturated rings. The third-order valence-corrected chi connectivity index (χ3v) is 8.15. The molecular weight excluding hydrogens is 604 g/mol. The summed E-state index contributed by atoms with van der Waals surface area (Å²) in [4.78, 5) is 27.0. The molecule has 0 saturated carbocycles. The predicted molar refractivity (Wildman–Crippen MR) is 156 cm³/mol. The summed E-state index contributed by atoms with van der Waals surface area (Å²) in [5.41, 5.74) is 2.69. The van der Waals surface area contributed by atoms with Gasteiger partial charge in [0.25, 0.3) is 5.91 Å². The molecule has 0 atom stereocenters. The maximum absolute atomic E-state index is 13.2. The number of nitriles is 1. The van der Waals surface area contributed by atoms with E-state index in [4.69, 9.17) is 25.8 Å². The molecule has 0 spiro atoms. The number of nitrogens with one attached hydrogen (secondary N) is 1. The Morgan fingerprint density at radius 3 is 2.64 bits per heavy atom. The number of hydrogen-bond acceptors (Lipinski definition) is 7. The Labute approximate surface area is 244 Å². The fourth-order valence-corrected chi connectivity index (χ4v) is 6.23. The van der Waals surface area contributed by atoms with Crippen LogP contribution in [0.25, 0.3) is 6.08 Å². The molecule has 0 saturated heterocycles. The van der Waals surface area contributed by atoms with E-state index < -0.39 is 11.9 Å². The van der Waals surface area contributed by atoms with Crippen LogP contribution < -0.4 is 14.8 Å². The Morgan fingerprint density at radius 2 is 1.95 bits per heavy atom. The number of carbonyl (C=O) groups excluding carboxylic acids is 2. The lowest BCUT2D eigenvalue weighted by molar-refractivity contribution is -0.112. The number of thiophene rings is 1. The number of hydrogen-bond donors (Lipinski definition) is 1. The van der Waals surface area contributed by atoms with Crippen LogP contribution in [0, 0.1) is 11.3 Å². The molecule has 10 heteroatoms. The van der Waals surface area contributed by atoms with Gasteiger partial charge in [-0.05, 0) is 95.6 Å². The largest absolute Gasteiger partial charge is 0.493 e. The fourth-order valence-electron chi connectivity index (χ4n) is 4.26. The lowest BCUT2D eigenvalue weighted by Crippen LogP contribution is -2.16. The minimum Gasteiger partial charge on any atom is -0.493 e. The van der Waals surface area contributed by atoms with Crippen LogP contribution in [0.2, 0.25) is 5.02 Å². The molecule has 0 radical (unpaired) electrons. The Kier molecular flexibility index (Phi) is 9.68. The third kappa shape index (κ3) is 6.82. The summed E-state index contributed by atoms with van der Waals surface area (Å²) in [6.45, 7) is 2.27. The van der Waals surface area contributed by atoms with Crippen LogP contribution in [0.5, 0.6) is 11.5 Å². The Hall–Kier alpha value is -3.32. The summed E-state index contributed by atoms with van der Waals surface area (Å²) in [5, 5.41) is 13.6. The monoisotopic (exact) mass is 628 g/mol. The van der Waals surface area contributed by atoms with Crippen molar-refractivity contribution in [3.8, 4) is 17.6 Å². The number of halogens is 2. The number of amides is 1. The molecule has 202 valence electrons. The van der Waals surface area contributed by atoms with Crippen molar-refractivity contribution in [1.82, 2.24) is 0 Å². The van der Waals surface area contributed by atoms with Gasteiger partial charge in [-0.3, -0.25) is 4.79 Å². The van der Waals surface area contributed by atoms with E-state index in [0.29, 0.717) is 43.7 Å². The average molecular weight is 630 g/mol.